The van der Waals surface area contributed by atoms with Gasteiger partial charge in [-0.1, -0.05) is 44.2 Å². The molecule has 1 aliphatic heterocycles. The van der Waals surface area contributed by atoms with Crippen molar-refractivity contribution in [1.29, 1.82) is 0 Å². The molecule has 3 heterocycles. The summed E-state index contributed by atoms with van der Waals surface area (Å²) >= 11 is 7.21. The molecule has 0 amide bonds. The number of rotatable bonds is 2. The van der Waals surface area contributed by atoms with Crippen molar-refractivity contribution in [1.82, 2.24) is 9.55 Å². The molecule has 2 aromatic heterocycles. The fourth-order valence-electron chi connectivity index (χ4n) is 5.31. The molecule has 1 unspecified atom stereocenters. The second-order valence-corrected chi connectivity index (χ2v) is 11.3. The van der Waals surface area contributed by atoms with E-state index in [0.29, 0.717) is 22.5 Å². The number of allylic oxidation sites excluding steroid dienone is 2. The second kappa shape index (κ2) is 7.83. The number of hydrogen-bond acceptors (Lipinski definition) is 6. The van der Waals surface area contributed by atoms with Gasteiger partial charge in [-0.25, -0.2) is 9.37 Å². The van der Waals surface area contributed by atoms with Crippen LogP contribution in [0.3, 0.4) is 0 Å². The molecule has 0 saturated carbocycles. The summed E-state index contributed by atoms with van der Waals surface area (Å²) in [4.78, 5) is 18.3. The van der Waals surface area contributed by atoms with Gasteiger partial charge in [0.15, 0.2) is 5.78 Å². The number of benzene rings is 2. The van der Waals surface area contributed by atoms with Gasteiger partial charge >= 0.3 is 0 Å². The summed E-state index contributed by atoms with van der Waals surface area (Å²) in [6, 6.07) is 16.0. The van der Waals surface area contributed by atoms with Gasteiger partial charge < -0.3 is 11.1 Å². The van der Waals surface area contributed by atoms with Gasteiger partial charge in [-0.05, 0) is 53.9 Å². The topological polar surface area (TPSA) is 72.9 Å². The Balaban J connectivity index is 1.64. The highest BCUT2D eigenvalue weighted by Gasteiger charge is 2.42. The number of carbonyl (C=O) groups excluding carboxylic acids is 1. The molecular formula is C27H23FN4OS2. The van der Waals surface area contributed by atoms with Crippen LogP contribution in [0, 0.1) is 16.0 Å². The minimum absolute atomic E-state index is 0.102. The van der Waals surface area contributed by atoms with Crippen LogP contribution in [0.5, 0.6) is 0 Å². The SMILES string of the molecule is CC1(C)CC(=O)C2=C(C1)Nc1sc3c(N)n(-c4ccccc4)c(=S)nc3c1C2c1ccc(F)cc1. The molecule has 0 saturated heterocycles. The molecule has 2 aliphatic rings. The molecule has 176 valence electrons. The molecule has 4 aromatic rings. The first-order chi connectivity index (χ1) is 16.7. The summed E-state index contributed by atoms with van der Waals surface area (Å²) in [5, 5.41) is 4.46. The normalized spacial score (nSPS) is 18.8. The first-order valence-corrected chi connectivity index (χ1v) is 12.6. The van der Waals surface area contributed by atoms with Crippen molar-refractivity contribution in [2.75, 3.05) is 11.1 Å². The van der Waals surface area contributed by atoms with E-state index in [4.69, 9.17) is 22.9 Å². The average molecular weight is 503 g/mol. The third-order valence-corrected chi connectivity index (χ3v) is 8.18. The third kappa shape index (κ3) is 3.51. The number of fused-ring (bicyclic) bond motifs is 3. The van der Waals surface area contributed by atoms with Crippen LogP contribution in [0.15, 0.2) is 65.9 Å². The van der Waals surface area contributed by atoms with Crippen molar-refractivity contribution in [2.45, 2.75) is 32.6 Å². The zero-order chi connectivity index (χ0) is 24.5. The Labute approximate surface area is 211 Å². The molecule has 5 nitrogen and oxygen atoms in total. The molecule has 1 atom stereocenters. The number of hydrogen-bond donors (Lipinski definition) is 2. The fraction of sp³-hybridized carbons (Fsp3) is 0.222. The Hall–Kier alpha value is -3.36. The Morgan fingerprint density at radius 1 is 1.14 bits per heavy atom. The Bertz CT molecular complexity index is 1600. The zero-order valence-electron chi connectivity index (χ0n) is 19.3. The van der Waals surface area contributed by atoms with Crippen LogP contribution in [-0.2, 0) is 4.79 Å². The Morgan fingerprint density at radius 3 is 2.57 bits per heavy atom. The number of halogens is 1. The van der Waals surface area contributed by atoms with E-state index >= 15 is 0 Å². The summed E-state index contributed by atoms with van der Waals surface area (Å²) in [6.45, 7) is 4.21. The van der Waals surface area contributed by atoms with Crippen LogP contribution in [0.2, 0.25) is 0 Å². The van der Waals surface area contributed by atoms with Crippen molar-refractivity contribution in [3.05, 3.63) is 87.6 Å². The van der Waals surface area contributed by atoms with Crippen molar-refractivity contribution < 1.29 is 9.18 Å². The number of Topliss-reactive ketones (excluding diaryl/α,β-unsaturated/α-hetero) is 1. The number of ketones is 1. The first-order valence-electron chi connectivity index (χ1n) is 11.4. The molecule has 0 spiro atoms. The van der Waals surface area contributed by atoms with E-state index in [-0.39, 0.29) is 22.9 Å². The minimum Gasteiger partial charge on any atom is -0.383 e. The fourth-order valence-corrected chi connectivity index (χ4v) is 6.75. The average Bonchev–Trinajstić information content (AvgIpc) is 3.16. The number of thiophene rings is 1. The summed E-state index contributed by atoms with van der Waals surface area (Å²) < 4.78 is 16.8. The number of nitrogen functional groups attached to an aromatic ring is 1. The van der Waals surface area contributed by atoms with E-state index in [0.717, 1.165) is 44.2 Å². The summed E-state index contributed by atoms with van der Waals surface area (Å²) in [6.07, 6.45) is 1.21. The van der Waals surface area contributed by atoms with Gasteiger partial charge in [0.1, 0.15) is 11.6 Å². The van der Waals surface area contributed by atoms with Crippen LogP contribution in [0.4, 0.5) is 15.2 Å². The van der Waals surface area contributed by atoms with E-state index in [2.05, 4.69) is 19.2 Å². The van der Waals surface area contributed by atoms with Gasteiger partial charge in [-0.3, -0.25) is 9.36 Å². The highest BCUT2D eigenvalue weighted by atomic mass is 32.1. The van der Waals surface area contributed by atoms with E-state index < -0.39 is 0 Å². The van der Waals surface area contributed by atoms with Crippen LogP contribution in [0.25, 0.3) is 15.9 Å². The third-order valence-electron chi connectivity index (χ3n) is 6.77. The molecule has 0 fully saturated rings. The molecule has 3 N–H and O–H groups in total. The van der Waals surface area contributed by atoms with E-state index in [1.807, 2.05) is 30.3 Å². The highest BCUT2D eigenvalue weighted by Crippen LogP contribution is 2.54. The predicted octanol–water partition coefficient (Wildman–Crippen LogP) is 6.74. The number of para-hydroxylation sites is 1. The minimum atomic E-state index is -0.368. The molecule has 8 heteroatoms. The lowest BCUT2D eigenvalue weighted by Crippen LogP contribution is -2.33. The van der Waals surface area contributed by atoms with Gasteiger partial charge in [-0.2, -0.15) is 0 Å². The zero-order valence-corrected chi connectivity index (χ0v) is 20.9. The number of nitrogens with zero attached hydrogens (tertiary/aromatic N) is 2. The smallest absolute Gasteiger partial charge is 0.206 e. The predicted molar refractivity (Wildman–Crippen MR) is 141 cm³/mol. The molecule has 2 aromatic carbocycles. The lowest BCUT2D eigenvalue weighted by Gasteiger charge is -2.38. The number of aromatic nitrogens is 2. The molecule has 1 aliphatic carbocycles. The van der Waals surface area contributed by atoms with Gasteiger partial charge in [0.05, 0.1) is 15.2 Å². The first kappa shape index (κ1) is 22.1. The standard InChI is InChI=1S/C27H23FN4OS2/c1-27(2)12-17-20(18(33)13-27)19(14-8-10-15(28)11-9-14)21-22-23(35-25(21)30-17)24(29)32(26(34)31-22)16-6-4-3-5-7-16/h3-11,19,30H,12-13,29H2,1-2H3. The maximum atomic E-state index is 13.8. The van der Waals surface area contributed by atoms with Gasteiger partial charge in [0.2, 0.25) is 4.77 Å². The van der Waals surface area contributed by atoms with Crippen LogP contribution in [-0.4, -0.2) is 15.3 Å². The quantitative estimate of drug-likeness (QED) is 0.297. The van der Waals surface area contributed by atoms with Crippen LogP contribution >= 0.6 is 23.6 Å². The lowest BCUT2D eigenvalue weighted by atomic mass is 9.69. The monoisotopic (exact) mass is 502 g/mol. The number of nitrogens with two attached hydrogens (primary N) is 1. The number of nitrogens with one attached hydrogen (secondary N) is 1. The number of anilines is 2. The van der Waals surface area contributed by atoms with Gasteiger partial charge in [-0.15, -0.1) is 11.3 Å². The van der Waals surface area contributed by atoms with Crippen molar-refractivity contribution in [3.63, 3.8) is 0 Å². The van der Waals surface area contributed by atoms with E-state index in [9.17, 15) is 9.18 Å². The maximum absolute atomic E-state index is 13.8. The summed E-state index contributed by atoms with van der Waals surface area (Å²) in [7, 11) is 0. The largest absolute Gasteiger partial charge is 0.383 e. The number of carbonyl (C=O) groups is 1. The second-order valence-electron chi connectivity index (χ2n) is 9.92. The molecule has 0 bridgehead atoms. The Kier molecular flexibility index (Phi) is 4.95. The molecular weight excluding hydrogens is 479 g/mol. The summed E-state index contributed by atoms with van der Waals surface area (Å²) in [5.41, 5.74) is 11.5. The van der Waals surface area contributed by atoms with Crippen molar-refractivity contribution >= 4 is 50.4 Å². The van der Waals surface area contributed by atoms with Crippen LogP contribution in [0.1, 0.15) is 43.7 Å². The Morgan fingerprint density at radius 2 is 1.86 bits per heavy atom. The highest BCUT2D eigenvalue weighted by molar-refractivity contribution is 7.71. The summed E-state index contributed by atoms with van der Waals surface area (Å²) in [5.74, 6) is -0.0737. The molecule has 0 radical (unpaired) electrons. The lowest BCUT2D eigenvalue weighted by molar-refractivity contribution is -0.118. The van der Waals surface area contributed by atoms with Crippen molar-refractivity contribution in [2.24, 2.45) is 5.41 Å². The van der Waals surface area contributed by atoms with Crippen molar-refractivity contribution in [3.8, 4) is 5.69 Å². The van der Waals surface area contributed by atoms with Gasteiger partial charge in [0.25, 0.3) is 0 Å². The van der Waals surface area contributed by atoms with E-state index in [1.54, 1.807) is 16.7 Å². The van der Waals surface area contributed by atoms with E-state index in [1.165, 1.54) is 23.5 Å². The molecule has 35 heavy (non-hydrogen) atoms. The van der Waals surface area contributed by atoms with Gasteiger partial charge in [0, 0.05) is 34.9 Å². The van der Waals surface area contributed by atoms with Crippen LogP contribution < -0.4 is 11.1 Å². The maximum Gasteiger partial charge on any atom is 0.206 e. The molecule has 6 rings (SSSR count).